The van der Waals surface area contributed by atoms with Crippen molar-refractivity contribution >= 4 is 16.0 Å². The van der Waals surface area contributed by atoms with Crippen molar-refractivity contribution in [3.8, 4) is 0 Å². The minimum absolute atomic E-state index is 0.0369. The van der Waals surface area contributed by atoms with Gasteiger partial charge in [-0.2, -0.15) is 0 Å². The average molecular weight is 440 g/mol. The number of esters is 1. The zero-order valence-electron chi connectivity index (χ0n) is 18.6. The molecule has 2 aliphatic rings. The highest BCUT2D eigenvalue weighted by Gasteiger charge is 2.42. The van der Waals surface area contributed by atoms with Crippen LogP contribution in [-0.2, 0) is 30.7 Å². The number of carbonyl (C=O) groups excluding carboxylic acids is 1. The first kappa shape index (κ1) is 23.2. The van der Waals surface area contributed by atoms with Crippen molar-refractivity contribution in [2.24, 2.45) is 0 Å². The Labute approximate surface area is 179 Å². The van der Waals surface area contributed by atoms with Crippen LogP contribution in [0, 0.1) is 13.8 Å². The molecule has 7 nitrogen and oxygen atoms in total. The van der Waals surface area contributed by atoms with E-state index in [9.17, 15) is 13.2 Å². The van der Waals surface area contributed by atoms with Gasteiger partial charge >= 0.3 is 5.97 Å². The van der Waals surface area contributed by atoms with Crippen LogP contribution in [0.15, 0.2) is 12.1 Å². The molecule has 2 fully saturated rings. The second-order valence-corrected chi connectivity index (χ2v) is 11.3. The normalized spacial score (nSPS) is 19.9. The molecule has 3 rings (SSSR count). The molecule has 0 bridgehead atoms. The summed E-state index contributed by atoms with van der Waals surface area (Å²) in [6.07, 6.45) is 1.53. The Kier molecular flexibility index (Phi) is 6.63. The van der Waals surface area contributed by atoms with Gasteiger partial charge in [0.05, 0.1) is 24.5 Å². The number of ether oxygens (including phenoxy) is 3. The highest BCUT2D eigenvalue weighted by atomic mass is 32.2. The number of carbonyl (C=O) groups is 1. The fraction of sp³-hybridized carbons (Fsp3) is 0.682. The maximum atomic E-state index is 12.9. The molecule has 0 amide bonds. The van der Waals surface area contributed by atoms with Crippen molar-refractivity contribution in [3.05, 3.63) is 34.4 Å². The van der Waals surface area contributed by atoms with Crippen LogP contribution in [0.2, 0.25) is 0 Å². The van der Waals surface area contributed by atoms with Crippen molar-refractivity contribution in [1.82, 2.24) is 4.31 Å². The largest absolute Gasteiger partial charge is 0.456 e. The first-order chi connectivity index (χ1) is 13.9. The van der Waals surface area contributed by atoms with E-state index in [0.717, 1.165) is 16.7 Å². The van der Waals surface area contributed by atoms with Crippen LogP contribution in [0.4, 0.5) is 0 Å². The summed E-state index contributed by atoms with van der Waals surface area (Å²) in [5, 5.41) is 0. The van der Waals surface area contributed by atoms with E-state index < -0.39 is 21.4 Å². The molecule has 2 saturated heterocycles. The van der Waals surface area contributed by atoms with Crippen molar-refractivity contribution in [2.75, 3.05) is 32.1 Å². The van der Waals surface area contributed by atoms with E-state index in [4.69, 9.17) is 14.2 Å². The first-order valence-corrected chi connectivity index (χ1v) is 12.1. The molecule has 0 aliphatic carbocycles. The number of hydrogen-bond acceptors (Lipinski definition) is 6. The zero-order valence-corrected chi connectivity index (χ0v) is 19.4. The molecule has 8 heteroatoms. The van der Waals surface area contributed by atoms with Crippen molar-refractivity contribution in [3.63, 3.8) is 0 Å². The van der Waals surface area contributed by atoms with Crippen LogP contribution >= 0.6 is 0 Å². The molecule has 0 unspecified atom stereocenters. The number of nitrogens with zero attached hydrogens (tertiary/aromatic N) is 1. The van der Waals surface area contributed by atoms with Crippen LogP contribution in [-0.4, -0.2) is 62.1 Å². The van der Waals surface area contributed by atoms with Crippen molar-refractivity contribution in [2.45, 2.75) is 65.3 Å². The molecular formula is C22H33NO6S. The molecule has 2 aliphatic heterocycles. The number of hydrogen-bond donors (Lipinski definition) is 0. The Morgan fingerprint density at radius 1 is 1.10 bits per heavy atom. The molecule has 0 radical (unpaired) electrons. The molecule has 1 aromatic rings. The fourth-order valence-corrected chi connectivity index (χ4v) is 5.55. The van der Waals surface area contributed by atoms with E-state index in [1.54, 1.807) is 16.4 Å². The van der Waals surface area contributed by atoms with E-state index in [1.807, 2.05) is 34.6 Å². The van der Waals surface area contributed by atoms with Crippen molar-refractivity contribution in [1.29, 1.82) is 0 Å². The molecule has 1 spiro atoms. The number of benzene rings is 1. The molecule has 2 heterocycles. The molecule has 0 atom stereocenters. The number of piperidine rings is 1. The molecule has 168 valence electrons. The van der Waals surface area contributed by atoms with Crippen LogP contribution in [0.25, 0.3) is 0 Å². The highest BCUT2D eigenvalue weighted by Crippen LogP contribution is 2.32. The summed E-state index contributed by atoms with van der Waals surface area (Å²) in [6.45, 7) is 11.3. The number of aryl methyl sites for hydroxylation is 2. The smallest absolute Gasteiger partial charge is 0.338 e. The Balaban J connectivity index is 1.64. The number of sulfonamides is 1. The third-order valence-electron chi connectivity index (χ3n) is 5.63. The van der Waals surface area contributed by atoms with Gasteiger partial charge < -0.3 is 14.2 Å². The van der Waals surface area contributed by atoms with E-state index in [-0.39, 0.29) is 11.7 Å². The lowest BCUT2D eigenvalue weighted by Crippen LogP contribution is -2.48. The second kappa shape index (κ2) is 8.57. The SMILES string of the molecule is Cc1cc(C(=O)OC(C)(C)C)cc(C)c1CCS(=O)(=O)N1CCC2(CC1)OCCO2. The van der Waals surface area contributed by atoms with Crippen molar-refractivity contribution < 1.29 is 27.4 Å². The monoisotopic (exact) mass is 439 g/mol. The van der Waals surface area contributed by atoms with E-state index in [0.29, 0.717) is 51.1 Å². The standard InChI is InChI=1S/C22H33NO6S/c1-16-14-18(20(24)29-21(3,4)5)15-17(2)19(16)6-13-30(25,26)23-9-7-22(8-10-23)27-11-12-28-22/h14-15H,6-13H2,1-5H3. The van der Waals surface area contributed by atoms with Crippen LogP contribution in [0.3, 0.4) is 0 Å². The Morgan fingerprint density at radius 3 is 2.13 bits per heavy atom. The summed E-state index contributed by atoms with van der Waals surface area (Å²) in [7, 11) is -3.38. The lowest BCUT2D eigenvalue weighted by Gasteiger charge is -2.36. The van der Waals surface area contributed by atoms with Gasteiger partial charge in [-0.25, -0.2) is 17.5 Å². The van der Waals surface area contributed by atoms with Gasteiger partial charge in [-0.15, -0.1) is 0 Å². The predicted molar refractivity (Wildman–Crippen MR) is 114 cm³/mol. The van der Waals surface area contributed by atoms with E-state index in [2.05, 4.69) is 0 Å². The number of rotatable bonds is 5. The molecule has 0 N–H and O–H groups in total. The summed E-state index contributed by atoms with van der Waals surface area (Å²) < 4.78 is 44.1. The van der Waals surface area contributed by atoms with Crippen LogP contribution in [0.1, 0.15) is 60.7 Å². The molecule has 0 aromatic heterocycles. The maximum absolute atomic E-state index is 12.9. The third-order valence-corrected chi connectivity index (χ3v) is 7.50. The molecule has 30 heavy (non-hydrogen) atoms. The molecule has 1 aromatic carbocycles. The lowest BCUT2D eigenvalue weighted by atomic mass is 9.97. The Morgan fingerprint density at radius 2 is 1.63 bits per heavy atom. The van der Waals surface area contributed by atoms with E-state index in [1.165, 1.54) is 0 Å². The summed E-state index contributed by atoms with van der Waals surface area (Å²) in [5.74, 6) is -0.919. The van der Waals surface area contributed by atoms with E-state index >= 15 is 0 Å². The summed E-state index contributed by atoms with van der Waals surface area (Å²) in [4.78, 5) is 12.4. The van der Waals surface area contributed by atoms with Crippen LogP contribution in [0.5, 0.6) is 0 Å². The predicted octanol–water partition coefficient (Wildman–Crippen LogP) is 2.97. The zero-order chi connectivity index (χ0) is 22.2. The van der Waals surface area contributed by atoms with Gasteiger partial charge in [-0.05, 0) is 69.9 Å². The highest BCUT2D eigenvalue weighted by molar-refractivity contribution is 7.89. The third kappa shape index (κ3) is 5.41. The Hall–Kier alpha value is -1.48. The van der Waals surface area contributed by atoms with Gasteiger partial charge in [0, 0.05) is 25.9 Å². The fourth-order valence-electron chi connectivity index (χ4n) is 4.09. The van der Waals surface area contributed by atoms with Gasteiger partial charge in [0.1, 0.15) is 5.60 Å². The quantitative estimate of drug-likeness (QED) is 0.656. The molecular weight excluding hydrogens is 406 g/mol. The van der Waals surface area contributed by atoms with Gasteiger partial charge in [-0.1, -0.05) is 0 Å². The average Bonchev–Trinajstić information content (AvgIpc) is 3.07. The minimum Gasteiger partial charge on any atom is -0.456 e. The lowest BCUT2D eigenvalue weighted by molar-refractivity contribution is -0.179. The molecule has 0 saturated carbocycles. The topological polar surface area (TPSA) is 82.1 Å². The van der Waals surface area contributed by atoms with Crippen LogP contribution < -0.4 is 0 Å². The summed E-state index contributed by atoms with van der Waals surface area (Å²) in [5.41, 5.74) is 2.69. The Bertz CT molecular complexity index is 864. The van der Waals surface area contributed by atoms with Gasteiger partial charge in [0.15, 0.2) is 5.79 Å². The second-order valence-electron chi connectivity index (χ2n) is 9.16. The maximum Gasteiger partial charge on any atom is 0.338 e. The summed E-state index contributed by atoms with van der Waals surface area (Å²) in [6, 6.07) is 3.56. The minimum atomic E-state index is -3.38. The van der Waals surface area contributed by atoms with Gasteiger partial charge in [0.25, 0.3) is 0 Å². The first-order valence-electron chi connectivity index (χ1n) is 10.5. The van der Waals surface area contributed by atoms with Gasteiger partial charge in [0.2, 0.25) is 10.0 Å². The summed E-state index contributed by atoms with van der Waals surface area (Å²) >= 11 is 0. The van der Waals surface area contributed by atoms with Gasteiger partial charge in [-0.3, -0.25) is 0 Å².